The molecule has 1 N–H and O–H groups in total. The van der Waals surface area contributed by atoms with Crippen molar-refractivity contribution in [3.05, 3.63) is 36.2 Å². The Balaban J connectivity index is 0.00000110. The highest BCUT2D eigenvalue weighted by Gasteiger charge is 2.58. The van der Waals surface area contributed by atoms with E-state index in [0.717, 1.165) is 24.5 Å². The zero-order valence-electron chi connectivity index (χ0n) is 10.5. The third kappa shape index (κ3) is 2.05. The molecule has 2 aromatic rings. The minimum Gasteiger partial charge on any atom is -0.339 e. The quantitative estimate of drug-likeness (QED) is 0.917. The lowest BCUT2D eigenvalue weighted by atomic mass is 10.0. The summed E-state index contributed by atoms with van der Waals surface area (Å²) in [7, 11) is 0. The van der Waals surface area contributed by atoms with E-state index in [1.54, 1.807) is 0 Å². The second-order valence-corrected chi connectivity index (χ2v) is 5.37. The molecule has 1 aromatic heterocycles. The van der Waals surface area contributed by atoms with Gasteiger partial charge >= 0.3 is 0 Å². The molecule has 19 heavy (non-hydrogen) atoms. The highest BCUT2D eigenvalue weighted by atomic mass is 35.5. The Bertz CT molecular complexity index is 563. The third-order valence-electron chi connectivity index (χ3n) is 4.24. The van der Waals surface area contributed by atoms with Gasteiger partial charge in [-0.2, -0.15) is 4.98 Å². The lowest BCUT2D eigenvalue weighted by molar-refractivity contribution is 0.364. The molecule has 0 radical (unpaired) electrons. The van der Waals surface area contributed by atoms with Crippen LogP contribution in [0.5, 0.6) is 0 Å². The predicted octanol–water partition coefficient (Wildman–Crippen LogP) is 2.63. The van der Waals surface area contributed by atoms with E-state index < -0.39 is 0 Å². The van der Waals surface area contributed by atoms with Crippen molar-refractivity contribution in [1.82, 2.24) is 15.5 Å². The molecule has 1 spiro atoms. The fourth-order valence-corrected chi connectivity index (χ4v) is 3.01. The number of aromatic nitrogens is 2. The van der Waals surface area contributed by atoms with Gasteiger partial charge < -0.3 is 9.84 Å². The Morgan fingerprint density at radius 1 is 1.26 bits per heavy atom. The first-order chi connectivity index (χ1) is 8.87. The zero-order chi connectivity index (χ0) is 12.0. The van der Waals surface area contributed by atoms with Crippen molar-refractivity contribution in [3.63, 3.8) is 0 Å². The van der Waals surface area contributed by atoms with Crippen LogP contribution < -0.4 is 5.32 Å². The second-order valence-electron chi connectivity index (χ2n) is 5.37. The van der Waals surface area contributed by atoms with Crippen LogP contribution in [0.25, 0.3) is 11.4 Å². The van der Waals surface area contributed by atoms with Gasteiger partial charge in [0.15, 0.2) is 0 Å². The first kappa shape index (κ1) is 12.6. The van der Waals surface area contributed by atoms with E-state index in [2.05, 4.69) is 15.5 Å². The Morgan fingerprint density at radius 2 is 2.11 bits per heavy atom. The maximum absolute atomic E-state index is 5.44. The summed E-state index contributed by atoms with van der Waals surface area (Å²) in [6, 6.07) is 9.99. The highest BCUT2D eigenvalue weighted by molar-refractivity contribution is 5.85. The highest BCUT2D eigenvalue weighted by Crippen LogP contribution is 2.62. The van der Waals surface area contributed by atoms with Crippen LogP contribution >= 0.6 is 12.4 Å². The second kappa shape index (κ2) is 4.62. The van der Waals surface area contributed by atoms with Crippen molar-refractivity contribution in [2.24, 2.45) is 5.41 Å². The predicted molar refractivity (Wildman–Crippen MR) is 74.3 cm³/mol. The Labute approximate surface area is 118 Å². The van der Waals surface area contributed by atoms with Crippen LogP contribution in [0.15, 0.2) is 34.9 Å². The molecule has 100 valence electrons. The van der Waals surface area contributed by atoms with Gasteiger partial charge in [-0.3, -0.25) is 0 Å². The molecule has 5 heteroatoms. The molecule has 1 aromatic carbocycles. The molecule has 1 saturated heterocycles. The maximum atomic E-state index is 5.44. The number of hydrogen-bond donors (Lipinski definition) is 1. The zero-order valence-corrected chi connectivity index (χ0v) is 11.3. The van der Waals surface area contributed by atoms with Crippen molar-refractivity contribution >= 4 is 12.4 Å². The van der Waals surface area contributed by atoms with Gasteiger partial charge in [0.1, 0.15) is 0 Å². The van der Waals surface area contributed by atoms with E-state index in [1.807, 2.05) is 30.3 Å². The van der Waals surface area contributed by atoms with Crippen LogP contribution in [0.3, 0.4) is 0 Å². The maximum Gasteiger partial charge on any atom is 0.230 e. The minimum atomic E-state index is 0. The number of nitrogens with one attached hydrogen (secondary N) is 1. The summed E-state index contributed by atoms with van der Waals surface area (Å²) in [5.74, 6) is 1.99. The van der Waals surface area contributed by atoms with E-state index in [9.17, 15) is 0 Å². The summed E-state index contributed by atoms with van der Waals surface area (Å²) in [4.78, 5) is 4.56. The van der Waals surface area contributed by atoms with Gasteiger partial charge in [-0.05, 0) is 24.8 Å². The monoisotopic (exact) mass is 277 g/mol. The molecule has 2 unspecified atom stereocenters. The first-order valence-electron chi connectivity index (χ1n) is 6.47. The summed E-state index contributed by atoms with van der Waals surface area (Å²) >= 11 is 0. The third-order valence-corrected chi connectivity index (χ3v) is 4.24. The summed E-state index contributed by atoms with van der Waals surface area (Å²) in [5.41, 5.74) is 1.44. The van der Waals surface area contributed by atoms with Crippen molar-refractivity contribution in [1.29, 1.82) is 0 Å². The molecule has 0 amide bonds. The summed E-state index contributed by atoms with van der Waals surface area (Å²) in [6.45, 7) is 2.22. The molecule has 2 atom stereocenters. The van der Waals surface area contributed by atoms with Gasteiger partial charge in [0.25, 0.3) is 0 Å². The Morgan fingerprint density at radius 3 is 2.84 bits per heavy atom. The number of hydrogen-bond acceptors (Lipinski definition) is 4. The Hall–Kier alpha value is -1.39. The largest absolute Gasteiger partial charge is 0.339 e. The smallest absolute Gasteiger partial charge is 0.230 e. The molecule has 1 aliphatic heterocycles. The Kier molecular flexibility index (Phi) is 3.07. The van der Waals surface area contributed by atoms with E-state index in [4.69, 9.17) is 4.52 Å². The number of halogens is 1. The van der Waals surface area contributed by atoms with Crippen LogP contribution in [0, 0.1) is 5.41 Å². The average Bonchev–Trinajstić information content (AvgIpc) is 2.82. The van der Waals surface area contributed by atoms with Crippen LogP contribution in [0.1, 0.15) is 24.7 Å². The van der Waals surface area contributed by atoms with Gasteiger partial charge in [-0.1, -0.05) is 35.5 Å². The lowest BCUT2D eigenvalue weighted by Crippen LogP contribution is -2.10. The van der Waals surface area contributed by atoms with Crippen molar-refractivity contribution in [3.8, 4) is 11.4 Å². The van der Waals surface area contributed by atoms with E-state index in [1.165, 1.54) is 12.8 Å². The molecule has 4 rings (SSSR count). The first-order valence-corrected chi connectivity index (χ1v) is 6.47. The van der Waals surface area contributed by atoms with E-state index in [0.29, 0.717) is 17.2 Å². The van der Waals surface area contributed by atoms with Gasteiger partial charge in [0, 0.05) is 18.0 Å². The summed E-state index contributed by atoms with van der Waals surface area (Å²) < 4.78 is 5.44. The molecule has 2 heterocycles. The van der Waals surface area contributed by atoms with Crippen molar-refractivity contribution in [2.75, 3.05) is 13.1 Å². The summed E-state index contributed by atoms with van der Waals surface area (Å²) in [6.07, 6.45) is 2.43. The molecule has 2 fully saturated rings. The van der Waals surface area contributed by atoms with Crippen molar-refractivity contribution in [2.45, 2.75) is 18.8 Å². The summed E-state index contributed by atoms with van der Waals surface area (Å²) in [5, 5.41) is 7.52. The van der Waals surface area contributed by atoms with Gasteiger partial charge in [0.05, 0.1) is 0 Å². The molecule has 1 aliphatic carbocycles. The molecular weight excluding hydrogens is 262 g/mol. The number of nitrogens with zero attached hydrogens (tertiary/aromatic N) is 2. The van der Waals surface area contributed by atoms with Crippen LogP contribution in [0.4, 0.5) is 0 Å². The van der Waals surface area contributed by atoms with E-state index in [-0.39, 0.29) is 12.4 Å². The SMILES string of the molecule is Cl.c1ccc(-c2noc(C3CC34CCNC4)n2)cc1. The topological polar surface area (TPSA) is 51.0 Å². The lowest BCUT2D eigenvalue weighted by Gasteiger charge is -2.02. The standard InChI is InChI=1S/C14H15N3O.ClH/c1-2-4-10(5-3-1)12-16-13(18-17-12)11-8-14(11)6-7-15-9-14;/h1-5,11,15H,6-9H2;1H. The molecular formula is C14H16ClN3O. The fourth-order valence-electron chi connectivity index (χ4n) is 3.01. The van der Waals surface area contributed by atoms with Gasteiger partial charge in [-0.25, -0.2) is 0 Å². The van der Waals surface area contributed by atoms with Gasteiger partial charge in [0.2, 0.25) is 11.7 Å². The number of benzene rings is 1. The average molecular weight is 278 g/mol. The van der Waals surface area contributed by atoms with Crippen LogP contribution in [-0.2, 0) is 0 Å². The molecule has 4 nitrogen and oxygen atoms in total. The number of rotatable bonds is 2. The fraction of sp³-hybridized carbons (Fsp3) is 0.429. The van der Waals surface area contributed by atoms with Gasteiger partial charge in [-0.15, -0.1) is 12.4 Å². The molecule has 1 saturated carbocycles. The molecule has 2 aliphatic rings. The normalized spacial score (nSPS) is 28.3. The minimum absolute atomic E-state index is 0. The van der Waals surface area contributed by atoms with Crippen molar-refractivity contribution < 1.29 is 4.52 Å². The van der Waals surface area contributed by atoms with E-state index >= 15 is 0 Å². The van der Waals surface area contributed by atoms with Crippen LogP contribution in [-0.4, -0.2) is 23.2 Å². The molecule has 0 bridgehead atoms. The van der Waals surface area contributed by atoms with Crippen LogP contribution in [0.2, 0.25) is 0 Å².